The zero-order chi connectivity index (χ0) is 23.6. The van der Waals surface area contributed by atoms with Crippen LogP contribution in [0.4, 0.5) is 0 Å². The zero-order valence-electron chi connectivity index (χ0n) is 19.0. The first-order chi connectivity index (χ1) is 15.9. The van der Waals surface area contributed by atoms with Crippen molar-refractivity contribution in [1.29, 1.82) is 0 Å². The Morgan fingerprint density at radius 2 is 1.88 bits per heavy atom. The topological polar surface area (TPSA) is 66.9 Å². The molecule has 0 saturated carbocycles. The number of ether oxygens (including phenoxy) is 4. The van der Waals surface area contributed by atoms with Crippen LogP contribution >= 0.6 is 11.6 Å². The number of halogens is 1. The monoisotopic (exact) mass is 469 g/mol. The number of benzene rings is 2. The lowest BCUT2D eigenvalue weighted by molar-refractivity contribution is -0.140. The molecule has 33 heavy (non-hydrogen) atoms. The van der Waals surface area contributed by atoms with Crippen LogP contribution in [0.15, 0.2) is 60.8 Å². The Balaban J connectivity index is 1.52. The van der Waals surface area contributed by atoms with E-state index in [0.29, 0.717) is 48.3 Å². The molecule has 2 aromatic carbocycles. The lowest BCUT2D eigenvalue weighted by atomic mass is 10.0. The summed E-state index contributed by atoms with van der Waals surface area (Å²) >= 11 is 6.10. The fourth-order valence-corrected chi connectivity index (χ4v) is 3.30. The van der Waals surface area contributed by atoms with E-state index in [4.69, 9.17) is 30.5 Å². The Morgan fingerprint density at radius 3 is 2.61 bits per heavy atom. The van der Waals surface area contributed by atoms with Crippen LogP contribution in [-0.2, 0) is 16.0 Å². The second-order valence-electron chi connectivity index (χ2n) is 7.60. The third-order valence-corrected chi connectivity index (χ3v) is 5.21. The number of aryl methyl sites for hydroxylation is 2. The van der Waals surface area contributed by atoms with E-state index in [1.54, 1.807) is 6.07 Å². The Labute approximate surface area is 199 Å². The van der Waals surface area contributed by atoms with Crippen molar-refractivity contribution < 1.29 is 23.7 Å². The first kappa shape index (κ1) is 24.4. The van der Waals surface area contributed by atoms with E-state index in [0.717, 1.165) is 16.9 Å². The van der Waals surface area contributed by atoms with E-state index >= 15 is 0 Å². The van der Waals surface area contributed by atoms with Gasteiger partial charge in [-0.1, -0.05) is 35.9 Å². The summed E-state index contributed by atoms with van der Waals surface area (Å²) in [5.74, 6) is 2.07. The smallest absolute Gasteiger partial charge is 0.305 e. The van der Waals surface area contributed by atoms with Gasteiger partial charge in [0.15, 0.2) is 5.75 Å². The molecule has 0 N–H and O–H groups in total. The third kappa shape index (κ3) is 7.68. The van der Waals surface area contributed by atoms with Gasteiger partial charge in [-0.05, 0) is 55.7 Å². The molecule has 0 unspecified atom stereocenters. The summed E-state index contributed by atoms with van der Waals surface area (Å²) in [6.45, 7) is 4.43. The highest BCUT2D eigenvalue weighted by molar-refractivity contribution is 6.30. The predicted molar refractivity (Wildman–Crippen MR) is 127 cm³/mol. The van der Waals surface area contributed by atoms with Crippen molar-refractivity contribution in [2.75, 3.05) is 13.7 Å². The van der Waals surface area contributed by atoms with Crippen LogP contribution in [0, 0.1) is 6.92 Å². The Hall–Kier alpha value is -3.25. The number of para-hydroxylation sites is 1. The highest BCUT2D eigenvalue weighted by Gasteiger charge is 2.14. The quantitative estimate of drug-likeness (QED) is 0.312. The van der Waals surface area contributed by atoms with Gasteiger partial charge in [-0.3, -0.25) is 4.79 Å². The van der Waals surface area contributed by atoms with Crippen molar-refractivity contribution in [1.82, 2.24) is 4.98 Å². The summed E-state index contributed by atoms with van der Waals surface area (Å²) in [6, 6.07) is 17.0. The van der Waals surface area contributed by atoms with Gasteiger partial charge in [0.1, 0.15) is 17.6 Å². The SMILES string of the molecule is COC(=O)CCc1ccc(OCC[C@H](C)Oc2ncc(Cl)cc2Oc2ccccc2)cc1C. The largest absolute Gasteiger partial charge is 0.493 e. The van der Waals surface area contributed by atoms with Crippen LogP contribution in [0.3, 0.4) is 0 Å². The van der Waals surface area contributed by atoms with Gasteiger partial charge in [-0.25, -0.2) is 4.98 Å². The van der Waals surface area contributed by atoms with Gasteiger partial charge in [0.25, 0.3) is 5.88 Å². The molecule has 0 saturated heterocycles. The third-order valence-electron chi connectivity index (χ3n) is 5.00. The maximum atomic E-state index is 11.4. The van der Waals surface area contributed by atoms with E-state index in [1.165, 1.54) is 13.3 Å². The van der Waals surface area contributed by atoms with Crippen molar-refractivity contribution in [3.63, 3.8) is 0 Å². The average molecular weight is 470 g/mol. The molecule has 0 spiro atoms. The first-order valence-electron chi connectivity index (χ1n) is 10.8. The molecule has 0 radical (unpaired) electrons. The van der Waals surface area contributed by atoms with Gasteiger partial charge in [-0.15, -0.1) is 0 Å². The Morgan fingerprint density at radius 1 is 1.09 bits per heavy atom. The fourth-order valence-electron chi connectivity index (χ4n) is 3.15. The van der Waals surface area contributed by atoms with Crippen molar-refractivity contribution in [3.05, 3.63) is 76.9 Å². The van der Waals surface area contributed by atoms with Gasteiger partial charge in [0.05, 0.1) is 18.7 Å². The van der Waals surface area contributed by atoms with Gasteiger partial charge in [0.2, 0.25) is 0 Å². The molecule has 3 rings (SSSR count). The van der Waals surface area contributed by atoms with Crippen LogP contribution in [0.5, 0.6) is 23.1 Å². The highest BCUT2D eigenvalue weighted by Crippen LogP contribution is 2.32. The summed E-state index contributed by atoms with van der Waals surface area (Å²) < 4.78 is 22.5. The molecular weight excluding hydrogens is 442 g/mol. The molecule has 0 amide bonds. The number of carbonyl (C=O) groups excluding carboxylic acids is 1. The number of pyridine rings is 1. The lowest BCUT2D eigenvalue weighted by Gasteiger charge is -2.17. The standard InChI is InChI=1S/C26H28ClNO5/c1-18-15-23(11-9-20(18)10-12-25(29)30-3)31-14-13-19(2)32-26-24(16-21(27)17-28-26)33-22-7-5-4-6-8-22/h4-9,11,15-17,19H,10,12-14H2,1-3H3/t19-/m0/s1. The van der Waals surface area contributed by atoms with Gasteiger partial charge in [-0.2, -0.15) is 0 Å². The summed E-state index contributed by atoms with van der Waals surface area (Å²) in [4.78, 5) is 15.6. The number of nitrogens with zero attached hydrogens (tertiary/aromatic N) is 1. The number of rotatable bonds is 11. The molecular formula is C26H28ClNO5. The second kappa shape index (κ2) is 12.1. The number of hydrogen-bond acceptors (Lipinski definition) is 6. The van der Waals surface area contributed by atoms with Crippen molar-refractivity contribution >= 4 is 17.6 Å². The molecule has 0 aliphatic carbocycles. The fraction of sp³-hybridized carbons (Fsp3) is 0.308. The molecule has 0 fully saturated rings. The number of esters is 1. The molecule has 0 aliphatic rings. The van der Waals surface area contributed by atoms with E-state index in [9.17, 15) is 4.79 Å². The highest BCUT2D eigenvalue weighted by atomic mass is 35.5. The van der Waals surface area contributed by atoms with Crippen LogP contribution < -0.4 is 14.2 Å². The minimum atomic E-state index is -0.212. The second-order valence-corrected chi connectivity index (χ2v) is 8.04. The maximum Gasteiger partial charge on any atom is 0.305 e. The van der Waals surface area contributed by atoms with Gasteiger partial charge < -0.3 is 18.9 Å². The van der Waals surface area contributed by atoms with E-state index in [2.05, 4.69) is 4.98 Å². The molecule has 1 aromatic heterocycles. The molecule has 174 valence electrons. The van der Waals surface area contributed by atoms with Gasteiger partial charge >= 0.3 is 5.97 Å². The summed E-state index contributed by atoms with van der Waals surface area (Å²) in [7, 11) is 1.40. The van der Waals surface area contributed by atoms with Gasteiger partial charge in [0, 0.05) is 25.1 Å². The molecule has 0 bridgehead atoms. The average Bonchev–Trinajstić information content (AvgIpc) is 2.80. The molecule has 7 heteroatoms. The minimum Gasteiger partial charge on any atom is -0.493 e. The van der Waals surface area contributed by atoms with Crippen molar-refractivity contribution in [2.45, 2.75) is 39.2 Å². The van der Waals surface area contributed by atoms with Crippen molar-refractivity contribution in [2.24, 2.45) is 0 Å². The molecule has 6 nitrogen and oxygen atoms in total. The van der Waals surface area contributed by atoms with Crippen LogP contribution in [0.25, 0.3) is 0 Å². The van der Waals surface area contributed by atoms with E-state index < -0.39 is 0 Å². The number of hydrogen-bond donors (Lipinski definition) is 0. The predicted octanol–water partition coefficient (Wildman–Crippen LogP) is 6.18. The first-order valence-corrected chi connectivity index (χ1v) is 11.2. The van der Waals surface area contributed by atoms with E-state index in [-0.39, 0.29) is 12.1 Å². The molecule has 3 aromatic rings. The zero-order valence-corrected chi connectivity index (χ0v) is 19.8. The minimum absolute atomic E-state index is 0.155. The van der Waals surface area contributed by atoms with Crippen LogP contribution in [0.1, 0.15) is 30.9 Å². The summed E-state index contributed by atoms with van der Waals surface area (Å²) in [5, 5.41) is 0.467. The number of aromatic nitrogens is 1. The van der Waals surface area contributed by atoms with Crippen molar-refractivity contribution in [3.8, 4) is 23.1 Å². The maximum absolute atomic E-state index is 11.4. The molecule has 1 atom stereocenters. The Kier molecular flexibility index (Phi) is 8.95. The lowest BCUT2D eigenvalue weighted by Crippen LogP contribution is -2.17. The summed E-state index contributed by atoms with van der Waals surface area (Å²) in [6.07, 6.45) is 3.03. The normalized spacial score (nSPS) is 11.5. The molecule has 1 heterocycles. The van der Waals surface area contributed by atoms with Crippen LogP contribution in [0.2, 0.25) is 5.02 Å². The Bertz CT molecular complexity index is 1060. The van der Waals surface area contributed by atoms with Crippen LogP contribution in [-0.4, -0.2) is 30.8 Å². The number of carbonyl (C=O) groups is 1. The van der Waals surface area contributed by atoms with E-state index in [1.807, 2.05) is 62.4 Å². The molecule has 0 aliphatic heterocycles. The summed E-state index contributed by atoms with van der Waals surface area (Å²) in [5.41, 5.74) is 2.18. The number of methoxy groups -OCH3 is 1.